The molecular weight excluding hydrogens is 148 g/mol. The first-order chi connectivity index (χ1) is 5.88. The molecule has 0 amide bonds. The third kappa shape index (κ3) is 1.60. The van der Waals surface area contributed by atoms with Crippen LogP contribution >= 0.6 is 0 Å². The Hall–Kier alpha value is -0.980. The number of ether oxygens (including phenoxy) is 1. The van der Waals surface area contributed by atoms with Gasteiger partial charge in [0, 0.05) is 12.0 Å². The molecule has 0 saturated heterocycles. The van der Waals surface area contributed by atoms with Crippen molar-refractivity contribution in [2.24, 2.45) is 0 Å². The second-order valence-electron chi connectivity index (χ2n) is 2.65. The van der Waals surface area contributed by atoms with Gasteiger partial charge in [-0.1, -0.05) is 26.0 Å². The highest BCUT2D eigenvalue weighted by molar-refractivity contribution is 5.41. The Morgan fingerprint density at radius 3 is 2.67 bits per heavy atom. The van der Waals surface area contributed by atoms with Gasteiger partial charge in [-0.2, -0.15) is 0 Å². The molecule has 66 valence electrons. The summed E-state index contributed by atoms with van der Waals surface area (Å²) in [5.74, 6) is 1.08. The van der Waals surface area contributed by atoms with Crippen LogP contribution in [0.1, 0.15) is 25.0 Å². The van der Waals surface area contributed by atoms with E-state index in [0.717, 1.165) is 18.8 Å². The van der Waals surface area contributed by atoms with Gasteiger partial charge in [0.15, 0.2) is 0 Å². The quantitative estimate of drug-likeness (QED) is 0.573. The van der Waals surface area contributed by atoms with Crippen LogP contribution in [-0.2, 0) is 6.42 Å². The number of benzene rings is 1. The smallest absolute Gasteiger partial charge is 0.122 e. The van der Waals surface area contributed by atoms with Crippen LogP contribution in [0.2, 0.25) is 0 Å². The van der Waals surface area contributed by atoms with E-state index in [9.17, 15) is 0 Å². The maximum Gasteiger partial charge on any atom is 0.122 e. The Labute approximate surface area is 74.4 Å². The summed E-state index contributed by atoms with van der Waals surface area (Å²) < 4.78 is 5.38. The highest BCUT2D eigenvalue weighted by atomic mass is 16.5. The van der Waals surface area contributed by atoms with Crippen molar-refractivity contribution in [2.45, 2.75) is 27.2 Å². The van der Waals surface area contributed by atoms with Gasteiger partial charge in [-0.25, -0.2) is 0 Å². The zero-order valence-corrected chi connectivity index (χ0v) is 8.05. The van der Waals surface area contributed by atoms with E-state index in [0.29, 0.717) is 0 Å². The number of hydrogen-bond donors (Lipinski definition) is 0. The Kier molecular flexibility index (Phi) is 3.15. The summed E-state index contributed by atoms with van der Waals surface area (Å²) in [7, 11) is 0. The van der Waals surface area contributed by atoms with Gasteiger partial charge in [0.1, 0.15) is 5.75 Å². The van der Waals surface area contributed by atoms with Crippen molar-refractivity contribution in [3.8, 4) is 5.75 Å². The summed E-state index contributed by atoms with van der Waals surface area (Å²) in [5.41, 5.74) is 2.75. The fraction of sp³-hybridized carbons (Fsp3) is 0.455. The lowest BCUT2D eigenvalue weighted by Gasteiger charge is -1.99. The first-order valence-corrected chi connectivity index (χ1v) is 4.59. The van der Waals surface area contributed by atoms with Gasteiger partial charge in [0.25, 0.3) is 0 Å². The van der Waals surface area contributed by atoms with Gasteiger partial charge in [0.05, 0.1) is 6.61 Å². The number of fused-ring (bicyclic) bond motifs is 1. The largest absolute Gasteiger partial charge is 0.493 e. The number of aryl methyl sites for hydroxylation is 1. The van der Waals surface area contributed by atoms with Crippen molar-refractivity contribution in [3.05, 3.63) is 29.3 Å². The minimum atomic E-state index is 0.861. The summed E-state index contributed by atoms with van der Waals surface area (Å²) >= 11 is 0. The first kappa shape index (κ1) is 9.11. The van der Waals surface area contributed by atoms with Crippen LogP contribution in [0.5, 0.6) is 5.75 Å². The summed E-state index contributed by atoms with van der Waals surface area (Å²) in [6, 6.07) is 6.21. The molecule has 1 heteroatoms. The Morgan fingerprint density at radius 1 is 1.25 bits per heavy atom. The molecule has 1 aromatic carbocycles. The van der Waals surface area contributed by atoms with Crippen molar-refractivity contribution in [2.75, 3.05) is 6.61 Å². The second kappa shape index (κ2) is 4.15. The zero-order valence-electron chi connectivity index (χ0n) is 8.05. The van der Waals surface area contributed by atoms with E-state index in [1.165, 1.54) is 11.1 Å². The van der Waals surface area contributed by atoms with Crippen LogP contribution in [0.25, 0.3) is 0 Å². The lowest BCUT2D eigenvalue weighted by Crippen LogP contribution is -1.86. The average molecular weight is 164 g/mol. The van der Waals surface area contributed by atoms with E-state index in [2.05, 4.69) is 13.0 Å². The Bertz CT molecular complexity index is 253. The van der Waals surface area contributed by atoms with E-state index in [1.54, 1.807) is 0 Å². The second-order valence-corrected chi connectivity index (χ2v) is 2.65. The molecule has 1 heterocycles. The van der Waals surface area contributed by atoms with E-state index in [4.69, 9.17) is 4.74 Å². The first-order valence-electron chi connectivity index (χ1n) is 4.59. The summed E-state index contributed by atoms with van der Waals surface area (Å²) in [6.45, 7) is 6.99. The third-order valence-electron chi connectivity index (χ3n) is 1.98. The van der Waals surface area contributed by atoms with E-state index >= 15 is 0 Å². The molecular formula is C11H16O. The normalized spacial score (nSPS) is 12.6. The monoisotopic (exact) mass is 164 g/mol. The molecule has 0 aromatic heterocycles. The fourth-order valence-corrected chi connectivity index (χ4v) is 1.39. The predicted molar refractivity (Wildman–Crippen MR) is 51.7 cm³/mol. The molecule has 1 aliphatic rings. The Morgan fingerprint density at radius 2 is 2.00 bits per heavy atom. The zero-order chi connectivity index (χ0) is 8.97. The van der Waals surface area contributed by atoms with E-state index in [1.807, 2.05) is 26.0 Å². The standard InChI is InChI=1S/C9H10O.C2H6/c1-7-3-2-4-9-8(7)5-6-10-9;1-2/h2-4H,5-6H2,1H3;1-2H3. The lowest BCUT2D eigenvalue weighted by atomic mass is 10.1. The number of hydrogen-bond acceptors (Lipinski definition) is 1. The molecule has 0 atom stereocenters. The van der Waals surface area contributed by atoms with Crippen molar-refractivity contribution < 1.29 is 4.74 Å². The summed E-state index contributed by atoms with van der Waals surface area (Å²) in [4.78, 5) is 0. The predicted octanol–water partition coefficient (Wildman–Crippen LogP) is 2.96. The summed E-state index contributed by atoms with van der Waals surface area (Å²) in [5, 5.41) is 0. The molecule has 0 aliphatic carbocycles. The van der Waals surface area contributed by atoms with Gasteiger partial charge in [0.2, 0.25) is 0 Å². The fourth-order valence-electron chi connectivity index (χ4n) is 1.39. The van der Waals surface area contributed by atoms with E-state index in [-0.39, 0.29) is 0 Å². The van der Waals surface area contributed by atoms with Gasteiger partial charge in [-0.15, -0.1) is 0 Å². The van der Waals surface area contributed by atoms with Crippen molar-refractivity contribution in [1.29, 1.82) is 0 Å². The molecule has 1 aliphatic heterocycles. The molecule has 0 fully saturated rings. The molecule has 0 bridgehead atoms. The van der Waals surface area contributed by atoms with Gasteiger partial charge in [-0.3, -0.25) is 0 Å². The van der Waals surface area contributed by atoms with Crippen molar-refractivity contribution >= 4 is 0 Å². The van der Waals surface area contributed by atoms with E-state index < -0.39 is 0 Å². The molecule has 0 unspecified atom stereocenters. The molecule has 0 saturated carbocycles. The minimum Gasteiger partial charge on any atom is -0.493 e. The molecule has 0 spiro atoms. The van der Waals surface area contributed by atoms with Crippen LogP contribution in [0.4, 0.5) is 0 Å². The minimum absolute atomic E-state index is 0.861. The SMILES string of the molecule is CC.Cc1cccc2c1CCO2. The lowest BCUT2D eigenvalue weighted by molar-refractivity contribution is 0.357. The van der Waals surface area contributed by atoms with Gasteiger partial charge < -0.3 is 4.74 Å². The molecule has 2 rings (SSSR count). The molecule has 1 nitrogen and oxygen atoms in total. The molecule has 12 heavy (non-hydrogen) atoms. The summed E-state index contributed by atoms with van der Waals surface area (Å²) in [6.07, 6.45) is 1.09. The maximum absolute atomic E-state index is 5.38. The molecule has 1 aromatic rings. The average Bonchev–Trinajstić information content (AvgIpc) is 2.57. The van der Waals surface area contributed by atoms with Crippen LogP contribution in [0.15, 0.2) is 18.2 Å². The van der Waals surface area contributed by atoms with Crippen molar-refractivity contribution in [1.82, 2.24) is 0 Å². The van der Waals surface area contributed by atoms with Crippen LogP contribution in [-0.4, -0.2) is 6.61 Å². The van der Waals surface area contributed by atoms with Crippen LogP contribution in [0.3, 0.4) is 0 Å². The molecule has 0 radical (unpaired) electrons. The van der Waals surface area contributed by atoms with Crippen molar-refractivity contribution in [3.63, 3.8) is 0 Å². The van der Waals surface area contributed by atoms with Crippen LogP contribution in [0, 0.1) is 6.92 Å². The Balaban J connectivity index is 0.000000336. The topological polar surface area (TPSA) is 9.23 Å². The highest BCUT2D eigenvalue weighted by Crippen LogP contribution is 2.26. The van der Waals surface area contributed by atoms with Gasteiger partial charge in [-0.05, 0) is 18.6 Å². The maximum atomic E-state index is 5.38. The number of rotatable bonds is 0. The van der Waals surface area contributed by atoms with Crippen LogP contribution < -0.4 is 4.74 Å². The third-order valence-corrected chi connectivity index (χ3v) is 1.98. The molecule has 0 N–H and O–H groups in total. The van der Waals surface area contributed by atoms with Gasteiger partial charge >= 0.3 is 0 Å². The highest BCUT2D eigenvalue weighted by Gasteiger charge is 2.12.